The summed E-state index contributed by atoms with van der Waals surface area (Å²) in [5.41, 5.74) is -0.903. The van der Waals surface area contributed by atoms with Gasteiger partial charge in [-0.05, 0) is 18.8 Å². The van der Waals surface area contributed by atoms with E-state index in [1.54, 1.807) is 0 Å². The molecule has 106 valence electrons. The third-order valence-corrected chi connectivity index (χ3v) is 4.53. The molecule has 1 aliphatic rings. The minimum Gasteiger partial charge on any atom is -0.171 e. The Labute approximate surface area is 119 Å². The largest absolute Gasteiger partial charge is 0.412 e. The molecule has 3 atom stereocenters. The van der Waals surface area contributed by atoms with Gasteiger partial charge in [0.2, 0.25) is 0 Å². The summed E-state index contributed by atoms with van der Waals surface area (Å²) in [6, 6.07) is 0. The van der Waals surface area contributed by atoms with Gasteiger partial charge >= 0.3 is 12.4 Å². The molecule has 0 aromatic carbocycles. The zero-order chi connectivity index (χ0) is 14.1. The quantitative estimate of drug-likeness (QED) is 0.246. The number of alkyl halides is 8. The molecular formula is C10H10ClF6I. The third-order valence-electron chi connectivity index (χ3n) is 2.83. The molecular weight excluding hydrogens is 396 g/mol. The maximum absolute atomic E-state index is 12.8. The van der Waals surface area contributed by atoms with Crippen LogP contribution in [0, 0.1) is 11.8 Å². The Morgan fingerprint density at radius 3 is 2.17 bits per heavy atom. The van der Waals surface area contributed by atoms with Gasteiger partial charge in [-0.25, -0.2) is 0 Å². The van der Waals surface area contributed by atoms with E-state index in [9.17, 15) is 26.3 Å². The molecule has 1 rings (SSSR count). The van der Waals surface area contributed by atoms with Crippen molar-refractivity contribution in [3.05, 3.63) is 11.6 Å². The number of hydrogen-bond donors (Lipinski definition) is 0. The highest BCUT2D eigenvalue weighted by atomic mass is 127. The molecule has 0 bridgehead atoms. The van der Waals surface area contributed by atoms with Crippen molar-refractivity contribution in [3.8, 4) is 0 Å². The van der Waals surface area contributed by atoms with E-state index in [-0.39, 0.29) is 12.3 Å². The first-order valence-corrected chi connectivity index (χ1v) is 6.88. The van der Waals surface area contributed by atoms with Gasteiger partial charge in [0.05, 0.1) is 5.92 Å². The Morgan fingerprint density at radius 2 is 1.78 bits per heavy atom. The van der Waals surface area contributed by atoms with Crippen LogP contribution in [0.15, 0.2) is 11.6 Å². The lowest BCUT2D eigenvalue weighted by molar-refractivity contribution is -0.176. The standard InChI is InChI=1S/C10H10ClF6I/c11-4-5-1-6(9(12,13)14)3-8(18)7(2-5)10(15,16)17/h1,5,7-8H,2-4H2. The van der Waals surface area contributed by atoms with E-state index >= 15 is 0 Å². The molecule has 0 nitrogen and oxygen atoms in total. The van der Waals surface area contributed by atoms with Crippen molar-refractivity contribution in [1.82, 2.24) is 0 Å². The monoisotopic (exact) mass is 406 g/mol. The van der Waals surface area contributed by atoms with Crippen molar-refractivity contribution >= 4 is 34.2 Å². The molecule has 0 amide bonds. The van der Waals surface area contributed by atoms with Crippen LogP contribution >= 0.6 is 34.2 Å². The first-order valence-electron chi connectivity index (χ1n) is 5.10. The van der Waals surface area contributed by atoms with Crippen molar-refractivity contribution in [2.24, 2.45) is 11.8 Å². The highest BCUT2D eigenvalue weighted by Gasteiger charge is 2.48. The zero-order valence-electron chi connectivity index (χ0n) is 8.95. The van der Waals surface area contributed by atoms with Crippen LogP contribution in [0.5, 0.6) is 0 Å². The van der Waals surface area contributed by atoms with E-state index in [1.807, 2.05) is 0 Å². The predicted octanol–water partition coefficient (Wildman–Crippen LogP) is 5.11. The molecule has 0 aliphatic heterocycles. The Bertz CT molecular complexity index is 321. The summed E-state index contributed by atoms with van der Waals surface area (Å²) in [6.07, 6.45) is -9.24. The van der Waals surface area contributed by atoms with Gasteiger partial charge in [-0.1, -0.05) is 28.7 Å². The lowest BCUT2D eigenvalue weighted by atomic mass is 9.94. The van der Waals surface area contributed by atoms with Gasteiger partial charge in [-0.3, -0.25) is 0 Å². The van der Waals surface area contributed by atoms with E-state index in [1.165, 1.54) is 22.6 Å². The van der Waals surface area contributed by atoms with E-state index in [4.69, 9.17) is 11.6 Å². The van der Waals surface area contributed by atoms with Crippen LogP contribution in [-0.4, -0.2) is 22.2 Å². The summed E-state index contributed by atoms with van der Waals surface area (Å²) in [6.45, 7) is 0. The fourth-order valence-electron chi connectivity index (χ4n) is 1.90. The van der Waals surface area contributed by atoms with Gasteiger partial charge < -0.3 is 0 Å². The molecule has 18 heavy (non-hydrogen) atoms. The zero-order valence-corrected chi connectivity index (χ0v) is 11.9. The average molecular weight is 407 g/mol. The average Bonchev–Trinajstić information content (AvgIpc) is 2.35. The summed E-state index contributed by atoms with van der Waals surface area (Å²) in [5, 5.41) is 0. The van der Waals surface area contributed by atoms with E-state index in [0.717, 1.165) is 6.08 Å². The van der Waals surface area contributed by atoms with Crippen LogP contribution in [0.25, 0.3) is 0 Å². The van der Waals surface area contributed by atoms with Crippen molar-refractivity contribution in [2.75, 3.05) is 5.88 Å². The molecule has 0 saturated carbocycles. The normalized spacial score (nSPS) is 30.9. The molecule has 0 aromatic rings. The Balaban J connectivity index is 3.02. The second-order valence-corrected chi connectivity index (χ2v) is 6.12. The first-order chi connectivity index (χ1) is 8.05. The smallest absolute Gasteiger partial charge is 0.171 e. The van der Waals surface area contributed by atoms with Crippen LogP contribution in [0.2, 0.25) is 0 Å². The van der Waals surface area contributed by atoms with Crippen molar-refractivity contribution in [2.45, 2.75) is 29.1 Å². The molecule has 8 heteroatoms. The van der Waals surface area contributed by atoms with E-state index in [0.29, 0.717) is 0 Å². The summed E-state index contributed by atoms with van der Waals surface area (Å²) in [4.78, 5) is 0. The maximum Gasteiger partial charge on any atom is 0.412 e. The fraction of sp³-hybridized carbons (Fsp3) is 0.800. The van der Waals surface area contributed by atoms with Crippen molar-refractivity contribution in [1.29, 1.82) is 0 Å². The van der Waals surface area contributed by atoms with E-state index < -0.39 is 40.1 Å². The van der Waals surface area contributed by atoms with Gasteiger partial charge in [0.25, 0.3) is 0 Å². The minimum absolute atomic E-state index is 0.241. The molecule has 1 aliphatic carbocycles. The Kier molecular flexibility index (Phi) is 5.25. The minimum atomic E-state index is -4.59. The van der Waals surface area contributed by atoms with Crippen molar-refractivity contribution in [3.63, 3.8) is 0 Å². The van der Waals surface area contributed by atoms with E-state index in [2.05, 4.69) is 0 Å². The first kappa shape index (κ1) is 16.4. The lowest BCUT2D eigenvalue weighted by Gasteiger charge is -2.25. The maximum atomic E-state index is 12.8. The SMILES string of the molecule is FC(F)(F)C1=CC(CCl)CC(C(F)(F)F)C(I)C1. The van der Waals surface area contributed by atoms with Crippen molar-refractivity contribution < 1.29 is 26.3 Å². The van der Waals surface area contributed by atoms with Gasteiger partial charge in [0.15, 0.2) is 0 Å². The number of hydrogen-bond acceptors (Lipinski definition) is 0. The molecule has 0 heterocycles. The molecule has 0 saturated heterocycles. The van der Waals surface area contributed by atoms with Crippen LogP contribution < -0.4 is 0 Å². The second kappa shape index (κ2) is 5.76. The lowest BCUT2D eigenvalue weighted by Crippen LogP contribution is -2.32. The summed E-state index contributed by atoms with van der Waals surface area (Å²) >= 11 is 6.90. The highest BCUT2D eigenvalue weighted by Crippen LogP contribution is 2.45. The molecule has 0 aromatic heterocycles. The Morgan fingerprint density at radius 1 is 1.22 bits per heavy atom. The molecule has 0 radical (unpaired) electrons. The predicted molar refractivity (Wildman–Crippen MR) is 64.9 cm³/mol. The summed E-state index contributed by atoms with van der Waals surface area (Å²) in [5.74, 6) is -2.89. The molecule has 0 spiro atoms. The molecule has 0 N–H and O–H groups in total. The number of rotatable bonds is 1. The summed E-state index contributed by atoms with van der Waals surface area (Å²) < 4.78 is 75.0. The van der Waals surface area contributed by atoms with Crippen LogP contribution in [0.3, 0.4) is 0 Å². The second-order valence-electron chi connectivity index (χ2n) is 4.21. The Hall–Kier alpha value is 0.340. The van der Waals surface area contributed by atoms with Gasteiger partial charge in [0.1, 0.15) is 0 Å². The number of halogens is 8. The van der Waals surface area contributed by atoms with Gasteiger partial charge in [0, 0.05) is 15.4 Å². The third kappa shape index (κ3) is 4.18. The number of allylic oxidation sites excluding steroid dienone is 2. The highest BCUT2D eigenvalue weighted by molar-refractivity contribution is 14.1. The van der Waals surface area contributed by atoms with Crippen LogP contribution in [-0.2, 0) is 0 Å². The summed E-state index contributed by atoms with van der Waals surface area (Å²) in [7, 11) is 0. The van der Waals surface area contributed by atoms with Crippen LogP contribution in [0.1, 0.15) is 12.8 Å². The molecule has 0 fully saturated rings. The van der Waals surface area contributed by atoms with Crippen LogP contribution in [0.4, 0.5) is 26.3 Å². The van der Waals surface area contributed by atoms with Gasteiger partial charge in [-0.2, -0.15) is 26.3 Å². The topological polar surface area (TPSA) is 0 Å². The van der Waals surface area contributed by atoms with Gasteiger partial charge in [-0.15, -0.1) is 11.6 Å². The fourth-order valence-corrected chi connectivity index (χ4v) is 3.29. The molecule has 3 unspecified atom stereocenters.